The molecule has 5 heteroatoms. The van der Waals surface area contributed by atoms with Crippen LogP contribution < -0.4 is 11.1 Å². The normalized spacial score (nSPS) is 18.7. The molecule has 5 nitrogen and oxygen atoms in total. The summed E-state index contributed by atoms with van der Waals surface area (Å²) in [6, 6.07) is 7.81. The van der Waals surface area contributed by atoms with Crippen molar-refractivity contribution in [3.05, 3.63) is 35.4 Å². The predicted octanol–water partition coefficient (Wildman–Crippen LogP) is -0.0564. The topological polar surface area (TPSA) is 67.6 Å². The molecule has 0 aromatic heterocycles. The Hall–Kier alpha value is -1.87. The zero-order valence-corrected chi connectivity index (χ0v) is 12.3. The maximum absolute atomic E-state index is 11.9. The lowest BCUT2D eigenvalue weighted by molar-refractivity contribution is -0.132. The minimum absolute atomic E-state index is 0.000123. The molecule has 1 atom stereocenters. The third-order valence-electron chi connectivity index (χ3n) is 3.46. The Balaban J connectivity index is 2.03. The molecule has 1 aliphatic heterocycles. The number of nitrogens with zero attached hydrogens (tertiary/aromatic N) is 1. The first-order valence-corrected chi connectivity index (χ1v) is 7.06. The van der Waals surface area contributed by atoms with Gasteiger partial charge in [-0.15, -0.1) is 0 Å². The molecule has 0 aliphatic carbocycles. The van der Waals surface area contributed by atoms with Gasteiger partial charge in [-0.2, -0.15) is 0 Å². The van der Waals surface area contributed by atoms with E-state index in [-0.39, 0.29) is 11.9 Å². The van der Waals surface area contributed by atoms with Crippen LogP contribution in [0.3, 0.4) is 0 Å². The van der Waals surface area contributed by atoms with Crippen molar-refractivity contribution in [1.82, 2.24) is 10.2 Å². The standard InChI is InChI=1S/C16H21N3O2/c1-18-16(20)15-12-21-10-9-19(15)11-14-6-4-13(5-7-14)3-2-8-17/h4-7,15H,8-12,17H2,1H3,(H,18,20). The molecule has 1 fully saturated rings. The monoisotopic (exact) mass is 287 g/mol. The summed E-state index contributed by atoms with van der Waals surface area (Å²) in [6.45, 7) is 2.95. The molecule has 1 heterocycles. The average Bonchev–Trinajstić information content (AvgIpc) is 2.54. The summed E-state index contributed by atoms with van der Waals surface area (Å²) in [7, 11) is 1.65. The number of rotatable bonds is 3. The van der Waals surface area contributed by atoms with Gasteiger partial charge in [0.25, 0.3) is 0 Å². The quantitative estimate of drug-likeness (QED) is 0.765. The second-order valence-corrected chi connectivity index (χ2v) is 4.88. The Morgan fingerprint density at radius 3 is 2.90 bits per heavy atom. The number of likely N-dealkylation sites (N-methyl/N-ethyl adjacent to an activating group) is 1. The van der Waals surface area contributed by atoms with Crippen LogP contribution in [-0.2, 0) is 16.1 Å². The summed E-state index contributed by atoms with van der Waals surface area (Å²) in [5, 5.41) is 2.69. The molecule has 3 N–H and O–H groups in total. The van der Waals surface area contributed by atoms with Gasteiger partial charge < -0.3 is 15.8 Å². The van der Waals surface area contributed by atoms with Crippen molar-refractivity contribution in [2.24, 2.45) is 5.73 Å². The van der Waals surface area contributed by atoms with Crippen molar-refractivity contribution >= 4 is 5.91 Å². The van der Waals surface area contributed by atoms with Gasteiger partial charge in [-0.1, -0.05) is 24.0 Å². The number of ether oxygens (including phenoxy) is 1. The Labute approximate surface area is 125 Å². The van der Waals surface area contributed by atoms with Crippen LogP contribution in [0.2, 0.25) is 0 Å². The van der Waals surface area contributed by atoms with E-state index in [0.717, 1.165) is 24.2 Å². The Bertz CT molecular complexity index is 531. The Kier molecular flexibility index (Phi) is 5.76. The minimum atomic E-state index is -0.222. The van der Waals surface area contributed by atoms with Crippen LogP contribution in [0.15, 0.2) is 24.3 Å². The number of morpholine rings is 1. The third kappa shape index (κ3) is 4.30. The molecule has 21 heavy (non-hydrogen) atoms. The van der Waals surface area contributed by atoms with Crippen LogP contribution in [0.25, 0.3) is 0 Å². The minimum Gasteiger partial charge on any atom is -0.378 e. The molecular formula is C16H21N3O2. The lowest BCUT2D eigenvalue weighted by atomic mass is 10.1. The molecule has 1 amide bonds. The van der Waals surface area contributed by atoms with E-state index in [1.54, 1.807) is 7.05 Å². The van der Waals surface area contributed by atoms with Crippen LogP contribution in [0.1, 0.15) is 11.1 Å². The van der Waals surface area contributed by atoms with E-state index in [0.29, 0.717) is 19.8 Å². The highest BCUT2D eigenvalue weighted by Crippen LogP contribution is 2.13. The van der Waals surface area contributed by atoms with Crippen molar-refractivity contribution in [2.45, 2.75) is 12.6 Å². The fourth-order valence-corrected chi connectivity index (χ4v) is 2.32. The lowest BCUT2D eigenvalue weighted by Crippen LogP contribution is -2.52. The highest BCUT2D eigenvalue weighted by molar-refractivity contribution is 5.81. The highest BCUT2D eigenvalue weighted by atomic mass is 16.5. The predicted molar refractivity (Wildman–Crippen MR) is 81.5 cm³/mol. The van der Waals surface area contributed by atoms with Crippen molar-refractivity contribution in [3.8, 4) is 11.8 Å². The molecule has 0 spiro atoms. The maximum atomic E-state index is 11.9. The average molecular weight is 287 g/mol. The van der Waals surface area contributed by atoms with Gasteiger partial charge in [0.15, 0.2) is 0 Å². The molecule has 0 radical (unpaired) electrons. The second kappa shape index (κ2) is 7.79. The zero-order valence-electron chi connectivity index (χ0n) is 12.3. The van der Waals surface area contributed by atoms with Gasteiger partial charge in [-0.25, -0.2) is 0 Å². The molecule has 0 bridgehead atoms. The molecule has 1 unspecified atom stereocenters. The molecule has 1 aromatic carbocycles. The number of amides is 1. The van der Waals surface area contributed by atoms with Crippen molar-refractivity contribution in [1.29, 1.82) is 0 Å². The van der Waals surface area contributed by atoms with E-state index in [9.17, 15) is 4.79 Å². The van der Waals surface area contributed by atoms with Crippen molar-refractivity contribution in [3.63, 3.8) is 0 Å². The van der Waals surface area contributed by atoms with Gasteiger partial charge in [0, 0.05) is 25.7 Å². The molecule has 1 aliphatic rings. The number of carbonyl (C=O) groups is 1. The molecule has 0 saturated carbocycles. The summed E-state index contributed by atoms with van der Waals surface area (Å²) in [5.41, 5.74) is 7.47. The fraction of sp³-hybridized carbons (Fsp3) is 0.438. The zero-order chi connectivity index (χ0) is 15.1. The number of nitrogens with one attached hydrogen (secondary N) is 1. The van der Waals surface area contributed by atoms with Crippen LogP contribution in [0.4, 0.5) is 0 Å². The molecule has 1 aromatic rings. The first kappa shape index (κ1) is 15.5. The largest absolute Gasteiger partial charge is 0.378 e. The van der Waals surface area contributed by atoms with E-state index < -0.39 is 0 Å². The van der Waals surface area contributed by atoms with E-state index in [2.05, 4.69) is 22.1 Å². The van der Waals surface area contributed by atoms with Gasteiger partial charge in [-0.05, 0) is 17.7 Å². The number of carbonyl (C=O) groups excluding carboxylic acids is 1. The Morgan fingerprint density at radius 1 is 1.48 bits per heavy atom. The Morgan fingerprint density at radius 2 is 2.24 bits per heavy atom. The van der Waals surface area contributed by atoms with E-state index in [1.807, 2.05) is 24.3 Å². The SMILES string of the molecule is CNC(=O)C1COCCN1Cc1ccc(C#CCN)cc1. The van der Waals surface area contributed by atoms with Gasteiger partial charge in [0.2, 0.25) is 5.91 Å². The number of nitrogens with two attached hydrogens (primary N) is 1. The van der Waals surface area contributed by atoms with Gasteiger partial charge >= 0.3 is 0 Å². The maximum Gasteiger partial charge on any atom is 0.239 e. The van der Waals surface area contributed by atoms with Gasteiger partial charge in [0.05, 0.1) is 19.8 Å². The molecule has 2 rings (SSSR count). The third-order valence-corrected chi connectivity index (χ3v) is 3.46. The van der Waals surface area contributed by atoms with Crippen molar-refractivity contribution < 1.29 is 9.53 Å². The van der Waals surface area contributed by atoms with Crippen LogP contribution in [-0.4, -0.2) is 50.2 Å². The lowest BCUT2D eigenvalue weighted by Gasteiger charge is -2.34. The number of hydrogen-bond donors (Lipinski definition) is 2. The number of hydrogen-bond acceptors (Lipinski definition) is 4. The highest BCUT2D eigenvalue weighted by Gasteiger charge is 2.28. The first-order valence-electron chi connectivity index (χ1n) is 7.06. The van der Waals surface area contributed by atoms with Crippen LogP contribution in [0, 0.1) is 11.8 Å². The van der Waals surface area contributed by atoms with Crippen LogP contribution >= 0.6 is 0 Å². The first-order chi connectivity index (χ1) is 10.2. The molecular weight excluding hydrogens is 266 g/mol. The van der Waals surface area contributed by atoms with E-state index in [1.165, 1.54) is 0 Å². The molecule has 112 valence electrons. The van der Waals surface area contributed by atoms with Gasteiger partial charge in [-0.3, -0.25) is 9.69 Å². The summed E-state index contributed by atoms with van der Waals surface area (Å²) < 4.78 is 5.40. The summed E-state index contributed by atoms with van der Waals surface area (Å²) >= 11 is 0. The fourth-order valence-electron chi connectivity index (χ4n) is 2.32. The smallest absolute Gasteiger partial charge is 0.239 e. The van der Waals surface area contributed by atoms with E-state index in [4.69, 9.17) is 10.5 Å². The van der Waals surface area contributed by atoms with Crippen LogP contribution in [0.5, 0.6) is 0 Å². The van der Waals surface area contributed by atoms with Crippen molar-refractivity contribution in [2.75, 3.05) is 33.4 Å². The molecule has 1 saturated heterocycles. The summed E-state index contributed by atoms with van der Waals surface area (Å²) in [6.07, 6.45) is 0. The second-order valence-electron chi connectivity index (χ2n) is 4.88. The summed E-state index contributed by atoms with van der Waals surface area (Å²) in [5.74, 6) is 5.83. The van der Waals surface area contributed by atoms with E-state index >= 15 is 0 Å². The summed E-state index contributed by atoms with van der Waals surface area (Å²) in [4.78, 5) is 14.0. The number of benzene rings is 1. The van der Waals surface area contributed by atoms with Gasteiger partial charge in [0.1, 0.15) is 6.04 Å².